The summed E-state index contributed by atoms with van der Waals surface area (Å²) in [5.41, 5.74) is 0.725. The molecule has 1 aromatic rings. The van der Waals surface area contributed by atoms with Gasteiger partial charge in [0, 0.05) is 49.0 Å². The lowest BCUT2D eigenvalue weighted by atomic mass is 10.2. The van der Waals surface area contributed by atoms with Crippen molar-refractivity contribution >= 4 is 34.4 Å². The average molecular weight is 431 g/mol. The van der Waals surface area contributed by atoms with E-state index in [9.17, 15) is 9.59 Å². The summed E-state index contributed by atoms with van der Waals surface area (Å²) in [6.07, 6.45) is 0. The molecule has 0 aromatic heterocycles. The van der Waals surface area contributed by atoms with Crippen molar-refractivity contribution in [2.45, 2.75) is 0 Å². The van der Waals surface area contributed by atoms with Crippen molar-refractivity contribution in [3.8, 4) is 0 Å². The summed E-state index contributed by atoms with van der Waals surface area (Å²) in [7, 11) is 1.61. The second-order valence-corrected chi connectivity index (χ2v) is 6.67. The monoisotopic (exact) mass is 431 g/mol. The van der Waals surface area contributed by atoms with Gasteiger partial charge >= 0.3 is 0 Å². The molecule has 1 saturated heterocycles. The summed E-state index contributed by atoms with van der Waals surface area (Å²) in [6.45, 7) is 4.14. The molecule has 0 atom stereocenters. The molecule has 1 heterocycles. The Balaban J connectivity index is 1.77. The standard InChI is InChI=1S/C16H22IN3O3/c1-23-10-5-18-15(21)12-19-6-8-20(9-7-19)16(22)13-3-2-4-14(17)11-13/h2-4,11H,5-10,12H2,1H3,(H,18,21). The Hall–Kier alpha value is -1.19. The van der Waals surface area contributed by atoms with Gasteiger partial charge in [-0.3, -0.25) is 14.5 Å². The van der Waals surface area contributed by atoms with Crippen molar-refractivity contribution < 1.29 is 14.3 Å². The van der Waals surface area contributed by atoms with Crippen LogP contribution >= 0.6 is 22.6 Å². The van der Waals surface area contributed by atoms with Gasteiger partial charge in [-0.25, -0.2) is 0 Å². The lowest BCUT2D eigenvalue weighted by Crippen LogP contribution is -2.51. The molecule has 23 heavy (non-hydrogen) atoms. The number of benzene rings is 1. The topological polar surface area (TPSA) is 61.9 Å². The molecule has 1 N–H and O–H groups in total. The number of halogens is 1. The number of carbonyl (C=O) groups excluding carboxylic acids is 2. The van der Waals surface area contributed by atoms with Gasteiger partial charge in [-0.05, 0) is 40.8 Å². The van der Waals surface area contributed by atoms with Crippen molar-refractivity contribution in [1.29, 1.82) is 0 Å². The minimum atomic E-state index is -0.000519. The Morgan fingerprint density at radius 1 is 1.26 bits per heavy atom. The number of hydrogen-bond acceptors (Lipinski definition) is 4. The molecule has 2 rings (SSSR count). The molecule has 0 unspecified atom stereocenters. The first-order chi connectivity index (χ1) is 11.1. The van der Waals surface area contributed by atoms with Crippen molar-refractivity contribution in [1.82, 2.24) is 15.1 Å². The number of carbonyl (C=O) groups is 2. The molecule has 2 amide bonds. The third-order valence-corrected chi connectivity index (χ3v) is 4.40. The van der Waals surface area contributed by atoms with Gasteiger partial charge in [-0.15, -0.1) is 0 Å². The maximum absolute atomic E-state index is 12.5. The third kappa shape index (κ3) is 5.74. The van der Waals surface area contributed by atoms with Crippen LogP contribution in [0.3, 0.4) is 0 Å². The first kappa shape index (κ1) is 18.2. The predicted molar refractivity (Wildman–Crippen MR) is 96.4 cm³/mol. The smallest absolute Gasteiger partial charge is 0.253 e. The Labute approximate surface area is 150 Å². The van der Waals surface area contributed by atoms with Crippen LogP contribution in [0.4, 0.5) is 0 Å². The van der Waals surface area contributed by atoms with Gasteiger partial charge in [-0.2, -0.15) is 0 Å². The highest BCUT2D eigenvalue weighted by Crippen LogP contribution is 2.12. The minimum Gasteiger partial charge on any atom is -0.383 e. The maximum Gasteiger partial charge on any atom is 0.253 e. The maximum atomic E-state index is 12.5. The summed E-state index contributed by atoms with van der Waals surface area (Å²) in [4.78, 5) is 28.2. The zero-order chi connectivity index (χ0) is 16.7. The zero-order valence-corrected chi connectivity index (χ0v) is 15.4. The highest BCUT2D eigenvalue weighted by Gasteiger charge is 2.23. The molecule has 7 heteroatoms. The SMILES string of the molecule is COCCNC(=O)CN1CCN(C(=O)c2cccc(I)c2)CC1. The average Bonchev–Trinajstić information content (AvgIpc) is 2.55. The summed E-state index contributed by atoms with van der Waals surface area (Å²) in [5.74, 6) is 0.0622. The van der Waals surface area contributed by atoms with Crippen LogP contribution in [0.25, 0.3) is 0 Å². The first-order valence-corrected chi connectivity index (χ1v) is 8.71. The first-order valence-electron chi connectivity index (χ1n) is 7.63. The highest BCUT2D eigenvalue weighted by molar-refractivity contribution is 14.1. The Kier molecular flexibility index (Phi) is 7.25. The molecular weight excluding hydrogens is 409 g/mol. The number of piperazine rings is 1. The molecule has 126 valence electrons. The van der Waals surface area contributed by atoms with Crippen LogP contribution in [0.1, 0.15) is 10.4 Å². The highest BCUT2D eigenvalue weighted by atomic mass is 127. The second kappa shape index (κ2) is 9.19. The van der Waals surface area contributed by atoms with Gasteiger partial charge in [0.15, 0.2) is 0 Å². The van der Waals surface area contributed by atoms with Gasteiger partial charge in [-0.1, -0.05) is 6.07 Å². The molecule has 1 aliphatic heterocycles. The lowest BCUT2D eigenvalue weighted by molar-refractivity contribution is -0.122. The molecule has 6 nitrogen and oxygen atoms in total. The number of rotatable bonds is 6. The molecule has 1 aliphatic rings. The number of methoxy groups -OCH3 is 1. The number of hydrogen-bond donors (Lipinski definition) is 1. The fourth-order valence-corrected chi connectivity index (χ4v) is 3.01. The lowest BCUT2D eigenvalue weighted by Gasteiger charge is -2.34. The van der Waals surface area contributed by atoms with E-state index in [0.717, 1.165) is 9.13 Å². The minimum absolute atomic E-state index is 0.000519. The van der Waals surface area contributed by atoms with Crippen molar-refractivity contribution in [3.05, 3.63) is 33.4 Å². The quantitative estimate of drug-likeness (QED) is 0.535. The predicted octanol–water partition coefficient (Wildman–Crippen LogP) is 0.812. The van der Waals surface area contributed by atoms with E-state index in [2.05, 4.69) is 32.8 Å². The molecule has 0 bridgehead atoms. The van der Waals surface area contributed by atoms with Gasteiger partial charge in [0.05, 0.1) is 13.2 Å². The summed E-state index contributed by atoms with van der Waals surface area (Å²) >= 11 is 2.21. The second-order valence-electron chi connectivity index (χ2n) is 5.42. The Morgan fingerprint density at radius 2 is 2.00 bits per heavy atom. The molecular formula is C16H22IN3O3. The van der Waals surface area contributed by atoms with E-state index < -0.39 is 0 Å². The van der Waals surface area contributed by atoms with E-state index in [1.165, 1.54) is 0 Å². The molecule has 1 aromatic carbocycles. The van der Waals surface area contributed by atoms with Crippen LogP contribution in [0.5, 0.6) is 0 Å². The van der Waals surface area contributed by atoms with E-state index >= 15 is 0 Å². The third-order valence-electron chi connectivity index (χ3n) is 3.73. The Bertz CT molecular complexity index is 545. The fourth-order valence-electron chi connectivity index (χ4n) is 2.46. The van der Waals surface area contributed by atoms with Crippen molar-refractivity contribution in [2.24, 2.45) is 0 Å². The van der Waals surface area contributed by atoms with E-state index in [0.29, 0.717) is 45.9 Å². The fraction of sp³-hybridized carbons (Fsp3) is 0.500. The van der Waals surface area contributed by atoms with Crippen molar-refractivity contribution in [3.63, 3.8) is 0 Å². The summed E-state index contributed by atoms with van der Waals surface area (Å²) in [5, 5.41) is 2.81. The summed E-state index contributed by atoms with van der Waals surface area (Å²) in [6, 6.07) is 7.62. The number of amides is 2. The largest absolute Gasteiger partial charge is 0.383 e. The normalized spacial score (nSPS) is 15.5. The van der Waals surface area contributed by atoms with E-state index in [1.54, 1.807) is 7.11 Å². The van der Waals surface area contributed by atoms with Crippen LogP contribution in [0.2, 0.25) is 0 Å². The molecule has 0 radical (unpaired) electrons. The van der Waals surface area contributed by atoms with Crippen LogP contribution in [0.15, 0.2) is 24.3 Å². The van der Waals surface area contributed by atoms with Crippen molar-refractivity contribution in [2.75, 3.05) is 53.0 Å². The molecule has 0 spiro atoms. The van der Waals surface area contributed by atoms with E-state index in [1.807, 2.05) is 29.2 Å². The van der Waals surface area contributed by atoms with Crippen LogP contribution < -0.4 is 5.32 Å². The Morgan fingerprint density at radius 3 is 2.65 bits per heavy atom. The molecule has 0 saturated carbocycles. The van der Waals surface area contributed by atoms with Gasteiger partial charge in [0.1, 0.15) is 0 Å². The zero-order valence-electron chi connectivity index (χ0n) is 13.3. The van der Waals surface area contributed by atoms with Crippen LogP contribution in [0, 0.1) is 3.57 Å². The number of nitrogens with one attached hydrogen (secondary N) is 1. The van der Waals surface area contributed by atoms with Gasteiger partial charge < -0.3 is 15.0 Å². The van der Waals surface area contributed by atoms with Gasteiger partial charge in [0.2, 0.25) is 5.91 Å². The van der Waals surface area contributed by atoms with Crippen LogP contribution in [-0.4, -0.2) is 74.6 Å². The van der Waals surface area contributed by atoms with E-state index in [4.69, 9.17) is 4.74 Å². The van der Waals surface area contributed by atoms with Gasteiger partial charge in [0.25, 0.3) is 5.91 Å². The van der Waals surface area contributed by atoms with E-state index in [-0.39, 0.29) is 11.8 Å². The molecule has 0 aliphatic carbocycles. The van der Waals surface area contributed by atoms with Crippen LogP contribution in [-0.2, 0) is 9.53 Å². The number of nitrogens with zero attached hydrogens (tertiary/aromatic N) is 2. The molecule has 1 fully saturated rings. The summed E-state index contributed by atoms with van der Waals surface area (Å²) < 4.78 is 5.96. The number of ether oxygens (including phenoxy) is 1.